The molecule has 0 bridgehead atoms. The highest BCUT2D eigenvalue weighted by molar-refractivity contribution is 7.44. The van der Waals surface area contributed by atoms with Crippen molar-refractivity contribution >= 4 is 20.3 Å². The van der Waals surface area contributed by atoms with Crippen molar-refractivity contribution in [3.63, 3.8) is 0 Å². The van der Waals surface area contributed by atoms with Crippen molar-refractivity contribution in [1.29, 1.82) is 5.26 Å². The lowest BCUT2D eigenvalue weighted by Gasteiger charge is -2.39. The van der Waals surface area contributed by atoms with Crippen LogP contribution in [0.5, 0.6) is 11.5 Å². The van der Waals surface area contributed by atoms with Crippen molar-refractivity contribution in [2.24, 2.45) is 0 Å². The lowest BCUT2D eigenvalue weighted by Crippen LogP contribution is -2.43. The molecule has 0 aliphatic carbocycles. The maximum Gasteiger partial charge on any atom is 0.351 e. The van der Waals surface area contributed by atoms with E-state index in [2.05, 4.69) is 48.7 Å². The third kappa shape index (κ3) is 10.4. The first-order valence-electron chi connectivity index (χ1n) is 20.4. The monoisotopic (exact) mass is 863 g/mol. The van der Waals surface area contributed by atoms with E-state index >= 15 is 0 Å². The number of carbonyl (C=O) groups is 1. The Kier molecular flexibility index (Phi) is 16.0. The van der Waals surface area contributed by atoms with Crippen molar-refractivity contribution in [1.82, 2.24) is 14.2 Å². The number of amides is 1. The second-order valence-corrected chi connectivity index (χ2v) is 16.4. The summed E-state index contributed by atoms with van der Waals surface area (Å²) in [5, 5.41) is 12.1. The van der Waals surface area contributed by atoms with Crippen LogP contribution in [-0.4, -0.2) is 85.1 Å². The molecule has 1 aromatic heterocycles. The number of carbonyl (C=O) groups excluding carboxylic acids is 1. The Labute approximate surface area is 364 Å². The Balaban J connectivity index is 1.44. The van der Waals surface area contributed by atoms with E-state index in [4.69, 9.17) is 32.7 Å². The minimum absolute atomic E-state index is 0.00153. The molecule has 0 saturated carbocycles. The van der Waals surface area contributed by atoms with Gasteiger partial charge in [0.25, 0.3) is 14.4 Å². The molecule has 15 heteroatoms. The molecular weight excluding hydrogens is 810 g/mol. The van der Waals surface area contributed by atoms with Crippen LogP contribution in [0.25, 0.3) is 0 Å². The molecule has 1 amide bonds. The zero-order valence-electron chi connectivity index (χ0n) is 36.0. The first-order chi connectivity index (χ1) is 30.0. The molecule has 5 atom stereocenters. The highest BCUT2D eigenvalue weighted by atomic mass is 31.2. The lowest BCUT2D eigenvalue weighted by molar-refractivity contribution is -0.0957. The summed E-state index contributed by atoms with van der Waals surface area (Å²) in [4.78, 5) is 31.0. The number of anilines is 1. The van der Waals surface area contributed by atoms with Crippen LogP contribution in [0, 0.1) is 11.3 Å². The molecule has 4 aromatic carbocycles. The van der Waals surface area contributed by atoms with Gasteiger partial charge in [0.15, 0.2) is 6.23 Å². The summed E-state index contributed by atoms with van der Waals surface area (Å²) in [6.45, 7) is 8.28. The molecule has 62 heavy (non-hydrogen) atoms. The summed E-state index contributed by atoms with van der Waals surface area (Å²) < 4.78 is 48.3. The second kappa shape index (κ2) is 21.5. The number of rotatable bonds is 20. The fourth-order valence-electron chi connectivity index (χ4n) is 7.58. The van der Waals surface area contributed by atoms with Gasteiger partial charge in [0.05, 0.1) is 39.9 Å². The molecule has 14 nitrogen and oxygen atoms in total. The highest BCUT2D eigenvalue weighted by Gasteiger charge is 2.51. The second-order valence-electron chi connectivity index (χ2n) is 15.0. The zero-order valence-corrected chi connectivity index (χ0v) is 36.9. The number of hydrogen-bond donors (Lipinski definition) is 1. The fraction of sp³-hybridized carbons (Fsp3) is 0.362. The summed E-state index contributed by atoms with van der Waals surface area (Å²) in [6.07, 6.45) is -1.99. The summed E-state index contributed by atoms with van der Waals surface area (Å²) in [6, 6.07) is 37.6. The Morgan fingerprint density at radius 3 is 1.92 bits per heavy atom. The Hall–Kier alpha value is -5.49. The molecule has 326 valence electrons. The number of nitrogens with zero attached hydrogens (tertiary/aromatic N) is 4. The van der Waals surface area contributed by atoms with E-state index in [-0.39, 0.29) is 37.5 Å². The molecule has 0 spiro atoms. The molecule has 5 aromatic rings. The SMILES string of the molecule is COc1ccc(C(OC[C@@H]2O[C@H](n3ccc(NC(=O)c4ccccc4)nc3=O)[C@@H](OC)[C@H]2OP(OCCC#N)N(C(C)C)C(C)C)(c2ccccc2)c2ccc(OC)cc2)cc1. The topological polar surface area (TPSA) is 156 Å². The lowest BCUT2D eigenvalue weighted by atomic mass is 9.80. The number of benzene rings is 4. The quantitative estimate of drug-likeness (QED) is 0.0457. The predicted octanol–water partition coefficient (Wildman–Crippen LogP) is 8.10. The van der Waals surface area contributed by atoms with Crippen LogP contribution in [0.3, 0.4) is 0 Å². The molecule has 1 aliphatic rings. The summed E-state index contributed by atoms with van der Waals surface area (Å²) in [5.41, 5.74) is 0.990. The van der Waals surface area contributed by atoms with Crippen LogP contribution < -0.4 is 20.5 Å². The molecule has 1 fully saturated rings. The van der Waals surface area contributed by atoms with E-state index in [1.165, 1.54) is 23.9 Å². The van der Waals surface area contributed by atoms with E-state index in [1.54, 1.807) is 38.5 Å². The van der Waals surface area contributed by atoms with Gasteiger partial charge in [-0.3, -0.25) is 9.36 Å². The smallest absolute Gasteiger partial charge is 0.351 e. The molecule has 1 saturated heterocycles. The minimum atomic E-state index is -1.81. The summed E-state index contributed by atoms with van der Waals surface area (Å²) >= 11 is 0. The third-order valence-corrected chi connectivity index (χ3v) is 12.6. The van der Waals surface area contributed by atoms with Gasteiger partial charge in [-0.05, 0) is 86.8 Å². The average molecular weight is 864 g/mol. The van der Waals surface area contributed by atoms with Crippen LogP contribution in [-0.2, 0) is 28.9 Å². The van der Waals surface area contributed by atoms with Gasteiger partial charge >= 0.3 is 5.69 Å². The van der Waals surface area contributed by atoms with E-state index in [0.29, 0.717) is 17.1 Å². The van der Waals surface area contributed by atoms with E-state index in [9.17, 15) is 14.9 Å². The first-order valence-corrected chi connectivity index (χ1v) is 21.5. The number of nitriles is 1. The number of ether oxygens (including phenoxy) is 5. The average Bonchev–Trinajstić information content (AvgIpc) is 3.63. The maximum absolute atomic E-state index is 13.9. The summed E-state index contributed by atoms with van der Waals surface area (Å²) in [7, 11) is 2.95. The van der Waals surface area contributed by atoms with Gasteiger partial charge in [-0.25, -0.2) is 9.46 Å². The summed E-state index contributed by atoms with van der Waals surface area (Å²) in [5.74, 6) is 1.02. The van der Waals surface area contributed by atoms with Crippen molar-refractivity contribution < 1.29 is 37.5 Å². The molecule has 0 radical (unpaired) electrons. The van der Waals surface area contributed by atoms with Crippen LogP contribution in [0.4, 0.5) is 5.82 Å². The van der Waals surface area contributed by atoms with Gasteiger partial charge in [-0.15, -0.1) is 0 Å². The standard InChI is InChI=1S/C47H54N5O9P/c1-32(2)52(33(3)4)62(59-30-14-28-48)61-42-40(60-45(43(42)57-7)51-29-27-41(50-46(51)54)49-44(53)34-15-10-8-11-16-34)31-58-47(35-17-12-9-13-18-35,36-19-23-38(55-5)24-20-36)37-21-25-39(56-6)26-22-37/h8-13,15-27,29,32-33,40,42-43,45H,14,30-31H2,1-7H3,(H,49,50,53,54)/t40-,42-,43-,45-,62?/m0/s1. The Morgan fingerprint density at radius 1 is 0.839 bits per heavy atom. The highest BCUT2D eigenvalue weighted by Crippen LogP contribution is 2.51. The van der Waals surface area contributed by atoms with E-state index < -0.39 is 50.3 Å². The maximum atomic E-state index is 13.9. The van der Waals surface area contributed by atoms with Crippen molar-refractivity contribution in [2.45, 2.75) is 76.3 Å². The number of aromatic nitrogens is 2. The zero-order chi connectivity index (χ0) is 44.2. The van der Waals surface area contributed by atoms with Gasteiger partial charge < -0.3 is 38.0 Å². The van der Waals surface area contributed by atoms with Gasteiger partial charge in [0, 0.05) is 31.0 Å². The molecule has 2 heterocycles. The predicted molar refractivity (Wildman–Crippen MR) is 236 cm³/mol. The van der Waals surface area contributed by atoms with Crippen molar-refractivity contribution in [3.05, 3.63) is 154 Å². The molecule has 6 rings (SSSR count). The number of hydrogen-bond acceptors (Lipinski definition) is 12. The minimum Gasteiger partial charge on any atom is -0.497 e. The van der Waals surface area contributed by atoms with Crippen molar-refractivity contribution in [3.8, 4) is 17.6 Å². The number of nitrogens with one attached hydrogen (secondary N) is 1. The van der Waals surface area contributed by atoms with E-state index in [1.807, 2.05) is 84.9 Å². The first kappa shape index (κ1) is 46.0. The van der Waals surface area contributed by atoms with E-state index in [0.717, 1.165) is 16.7 Å². The Bertz CT molecular complexity index is 2230. The molecular formula is C47H54N5O9P. The van der Waals surface area contributed by atoms with Gasteiger partial charge in [0.1, 0.15) is 41.2 Å². The van der Waals surface area contributed by atoms with Crippen LogP contribution in [0.1, 0.15) is 67.4 Å². The van der Waals surface area contributed by atoms with Crippen LogP contribution in [0.2, 0.25) is 0 Å². The molecule has 1 N–H and O–H groups in total. The molecule has 1 aliphatic heterocycles. The van der Waals surface area contributed by atoms with Crippen LogP contribution in [0.15, 0.2) is 126 Å². The van der Waals surface area contributed by atoms with Gasteiger partial charge in [0.2, 0.25) is 0 Å². The third-order valence-electron chi connectivity index (χ3n) is 10.5. The molecule has 1 unspecified atom stereocenters. The van der Waals surface area contributed by atoms with Crippen molar-refractivity contribution in [2.75, 3.05) is 39.9 Å². The fourth-order valence-corrected chi connectivity index (χ4v) is 9.35. The largest absolute Gasteiger partial charge is 0.497 e. The van der Waals surface area contributed by atoms with Gasteiger partial charge in [-0.2, -0.15) is 10.2 Å². The Morgan fingerprint density at radius 2 is 1.40 bits per heavy atom. The normalized spacial score (nSPS) is 18.1. The van der Waals surface area contributed by atoms with Crippen LogP contribution >= 0.6 is 8.53 Å². The number of methoxy groups -OCH3 is 3. The van der Waals surface area contributed by atoms with Gasteiger partial charge in [-0.1, -0.05) is 72.8 Å².